The maximum atomic E-state index is 9.00. The highest BCUT2D eigenvalue weighted by molar-refractivity contribution is 5.62. The SMILES string of the molecule is CC(=O)O.CCCCCCN1CCC=C1CC. The lowest BCUT2D eigenvalue weighted by Crippen LogP contribution is -2.20. The predicted molar refractivity (Wildman–Crippen MR) is 72.0 cm³/mol. The Morgan fingerprint density at radius 3 is 2.53 bits per heavy atom. The summed E-state index contributed by atoms with van der Waals surface area (Å²) in [5.41, 5.74) is 1.58. The summed E-state index contributed by atoms with van der Waals surface area (Å²) in [6.07, 6.45) is 10.4. The summed E-state index contributed by atoms with van der Waals surface area (Å²) in [5, 5.41) is 7.42. The van der Waals surface area contributed by atoms with E-state index in [4.69, 9.17) is 9.90 Å². The molecule has 0 aromatic rings. The van der Waals surface area contributed by atoms with Crippen LogP contribution in [-0.4, -0.2) is 29.1 Å². The molecule has 17 heavy (non-hydrogen) atoms. The van der Waals surface area contributed by atoms with E-state index in [1.165, 1.54) is 51.6 Å². The minimum absolute atomic E-state index is 0.833. The molecule has 3 heteroatoms. The van der Waals surface area contributed by atoms with E-state index in [1.807, 2.05) is 0 Å². The third-order valence-corrected chi connectivity index (χ3v) is 2.83. The van der Waals surface area contributed by atoms with Crippen molar-refractivity contribution in [1.82, 2.24) is 4.90 Å². The summed E-state index contributed by atoms with van der Waals surface area (Å²) < 4.78 is 0. The zero-order valence-corrected chi connectivity index (χ0v) is 11.5. The normalized spacial score (nSPS) is 14.1. The molecule has 0 unspecified atom stereocenters. The molecule has 0 aromatic carbocycles. The molecule has 1 rings (SSSR count). The number of hydrogen-bond acceptors (Lipinski definition) is 2. The molecule has 0 saturated carbocycles. The van der Waals surface area contributed by atoms with Gasteiger partial charge in [0.25, 0.3) is 5.97 Å². The topological polar surface area (TPSA) is 40.5 Å². The van der Waals surface area contributed by atoms with Crippen molar-refractivity contribution in [3.05, 3.63) is 11.8 Å². The van der Waals surface area contributed by atoms with Gasteiger partial charge >= 0.3 is 0 Å². The van der Waals surface area contributed by atoms with E-state index in [2.05, 4.69) is 24.8 Å². The van der Waals surface area contributed by atoms with Crippen LogP contribution in [0.4, 0.5) is 0 Å². The van der Waals surface area contributed by atoms with Gasteiger partial charge in [0.15, 0.2) is 0 Å². The van der Waals surface area contributed by atoms with E-state index < -0.39 is 5.97 Å². The first kappa shape index (κ1) is 16.0. The van der Waals surface area contributed by atoms with Crippen LogP contribution < -0.4 is 0 Å². The number of carbonyl (C=O) groups is 1. The number of carboxylic acids is 1. The quantitative estimate of drug-likeness (QED) is 0.721. The average molecular weight is 241 g/mol. The Hall–Kier alpha value is -0.990. The highest BCUT2D eigenvalue weighted by atomic mass is 16.4. The molecule has 1 aliphatic rings. The van der Waals surface area contributed by atoms with Crippen LogP contribution in [0.1, 0.15) is 59.3 Å². The van der Waals surface area contributed by atoms with E-state index in [0.29, 0.717) is 0 Å². The van der Waals surface area contributed by atoms with Crippen LogP contribution in [0.5, 0.6) is 0 Å². The Labute approximate surface area is 106 Å². The molecule has 1 N–H and O–H groups in total. The summed E-state index contributed by atoms with van der Waals surface area (Å²) in [6, 6.07) is 0. The summed E-state index contributed by atoms with van der Waals surface area (Å²) >= 11 is 0. The van der Waals surface area contributed by atoms with E-state index in [0.717, 1.165) is 6.92 Å². The van der Waals surface area contributed by atoms with Crippen LogP contribution in [0.15, 0.2) is 11.8 Å². The number of allylic oxidation sites excluding steroid dienone is 1. The van der Waals surface area contributed by atoms with Crippen LogP contribution in [0.3, 0.4) is 0 Å². The summed E-state index contributed by atoms with van der Waals surface area (Å²) in [7, 11) is 0. The van der Waals surface area contributed by atoms with Crippen molar-refractivity contribution < 1.29 is 9.90 Å². The summed E-state index contributed by atoms with van der Waals surface area (Å²) in [5.74, 6) is -0.833. The lowest BCUT2D eigenvalue weighted by Gasteiger charge is -2.21. The van der Waals surface area contributed by atoms with Gasteiger partial charge in [-0.15, -0.1) is 0 Å². The Morgan fingerprint density at radius 1 is 1.35 bits per heavy atom. The largest absolute Gasteiger partial charge is 0.481 e. The van der Waals surface area contributed by atoms with Crippen LogP contribution in [0.2, 0.25) is 0 Å². The summed E-state index contributed by atoms with van der Waals surface area (Å²) in [6.45, 7) is 8.18. The van der Waals surface area contributed by atoms with Gasteiger partial charge in [0, 0.05) is 25.7 Å². The van der Waals surface area contributed by atoms with Crippen molar-refractivity contribution in [2.24, 2.45) is 0 Å². The molecule has 0 bridgehead atoms. The zero-order valence-electron chi connectivity index (χ0n) is 11.5. The third kappa shape index (κ3) is 8.78. The molecule has 100 valence electrons. The highest BCUT2D eigenvalue weighted by Crippen LogP contribution is 2.18. The number of rotatable bonds is 6. The monoisotopic (exact) mass is 241 g/mol. The molecule has 1 heterocycles. The predicted octanol–water partition coefficient (Wildman–Crippen LogP) is 3.66. The lowest BCUT2D eigenvalue weighted by molar-refractivity contribution is -0.134. The van der Waals surface area contributed by atoms with E-state index in [1.54, 1.807) is 5.70 Å². The van der Waals surface area contributed by atoms with Gasteiger partial charge < -0.3 is 10.0 Å². The lowest BCUT2D eigenvalue weighted by atomic mass is 10.2. The zero-order chi connectivity index (χ0) is 13.1. The van der Waals surface area contributed by atoms with Crippen molar-refractivity contribution in [3.8, 4) is 0 Å². The maximum absolute atomic E-state index is 9.00. The van der Waals surface area contributed by atoms with Gasteiger partial charge in [-0.25, -0.2) is 0 Å². The Bertz CT molecular complexity index is 232. The third-order valence-electron chi connectivity index (χ3n) is 2.83. The van der Waals surface area contributed by atoms with Gasteiger partial charge in [0.2, 0.25) is 0 Å². The standard InChI is InChI=1S/C12H23N.C2H4O2/c1-3-5-6-7-10-13-11-8-9-12(13)4-2;1-2(3)4/h9H,3-8,10-11H2,1-2H3;1H3,(H,3,4). The number of hydrogen-bond donors (Lipinski definition) is 1. The van der Waals surface area contributed by atoms with E-state index >= 15 is 0 Å². The minimum atomic E-state index is -0.833. The number of aliphatic carboxylic acids is 1. The van der Waals surface area contributed by atoms with Crippen molar-refractivity contribution in [3.63, 3.8) is 0 Å². The number of unbranched alkanes of at least 4 members (excludes halogenated alkanes) is 3. The van der Waals surface area contributed by atoms with Crippen molar-refractivity contribution in [2.75, 3.05) is 13.1 Å². The van der Waals surface area contributed by atoms with E-state index in [-0.39, 0.29) is 0 Å². The fourth-order valence-corrected chi connectivity index (χ4v) is 2.01. The second-order valence-electron chi connectivity index (χ2n) is 4.40. The van der Waals surface area contributed by atoms with Crippen molar-refractivity contribution in [2.45, 2.75) is 59.3 Å². The minimum Gasteiger partial charge on any atom is -0.481 e. The van der Waals surface area contributed by atoms with Gasteiger partial charge in [-0.1, -0.05) is 39.2 Å². The Morgan fingerprint density at radius 2 is 2.00 bits per heavy atom. The second-order valence-corrected chi connectivity index (χ2v) is 4.40. The Balaban J connectivity index is 0.000000557. The molecule has 0 amide bonds. The van der Waals surface area contributed by atoms with Crippen molar-refractivity contribution >= 4 is 5.97 Å². The molecule has 3 nitrogen and oxygen atoms in total. The van der Waals surface area contributed by atoms with Gasteiger partial charge in [-0.2, -0.15) is 0 Å². The molecule has 0 aromatic heterocycles. The van der Waals surface area contributed by atoms with Crippen LogP contribution in [0, 0.1) is 0 Å². The highest BCUT2D eigenvalue weighted by Gasteiger charge is 2.11. The molecule has 0 saturated heterocycles. The molecular formula is C14H27NO2. The molecule has 0 atom stereocenters. The second kappa shape index (κ2) is 10.2. The molecule has 0 fully saturated rings. The van der Waals surface area contributed by atoms with Gasteiger partial charge in [0.05, 0.1) is 0 Å². The summed E-state index contributed by atoms with van der Waals surface area (Å²) in [4.78, 5) is 11.6. The Kier molecular flexibility index (Phi) is 9.59. The van der Waals surface area contributed by atoms with Crippen molar-refractivity contribution in [1.29, 1.82) is 0 Å². The van der Waals surface area contributed by atoms with Gasteiger partial charge in [-0.3, -0.25) is 4.79 Å². The molecule has 1 aliphatic heterocycles. The van der Waals surface area contributed by atoms with Crippen LogP contribution in [-0.2, 0) is 4.79 Å². The average Bonchev–Trinajstić information content (AvgIpc) is 2.71. The fraction of sp³-hybridized carbons (Fsp3) is 0.786. The van der Waals surface area contributed by atoms with Crippen LogP contribution in [0.25, 0.3) is 0 Å². The van der Waals surface area contributed by atoms with Gasteiger partial charge in [0.1, 0.15) is 0 Å². The number of carboxylic acid groups (broad SMARTS) is 1. The maximum Gasteiger partial charge on any atom is 0.300 e. The van der Waals surface area contributed by atoms with Gasteiger partial charge in [-0.05, 0) is 19.3 Å². The molecule has 0 radical (unpaired) electrons. The number of nitrogens with zero attached hydrogens (tertiary/aromatic N) is 1. The smallest absolute Gasteiger partial charge is 0.300 e. The molecule has 0 spiro atoms. The molecule has 0 aliphatic carbocycles. The fourth-order valence-electron chi connectivity index (χ4n) is 2.01. The van der Waals surface area contributed by atoms with E-state index in [9.17, 15) is 0 Å². The van der Waals surface area contributed by atoms with Crippen LogP contribution >= 0.6 is 0 Å². The molecular weight excluding hydrogens is 214 g/mol. The first-order valence-electron chi connectivity index (χ1n) is 6.75. The first-order chi connectivity index (χ1) is 8.11. The first-order valence-corrected chi connectivity index (χ1v) is 6.75.